The van der Waals surface area contributed by atoms with Gasteiger partial charge in [0, 0.05) is 12.3 Å². The first-order valence-corrected chi connectivity index (χ1v) is 5.82. The summed E-state index contributed by atoms with van der Waals surface area (Å²) in [5.74, 6) is -1.73. The first kappa shape index (κ1) is 16.0. The van der Waals surface area contributed by atoms with Gasteiger partial charge in [-0.05, 0) is 12.1 Å². The van der Waals surface area contributed by atoms with Crippen molar-refractivity contribution in [2.75, 3.05) is 6.26 Å². The zero-order valence-electron chi connectivity index (χ0n) is 9.04. The number of carbonyl (C=O) groups excluding carboxylic acids is 1. The number of carboxylic acids is 1. The summed E-state index contributed by atoms with van der Waals surface area (Å²) >= 11 is 0. The summed E-state index contributed by atoms with van der Waals surface area (Å²) in [7, 11) is -3.62. The number of nitro benzene ring substituents is 1. The van der Waals surface area contributed by atoms with Crippen molar-refractivity contribution in [2.24, 2.45) is 0 Å². The van der Waals surface area contributed by atoms with Crippen molar-refractivity contribution in [2.45, 2.75) is 4.90 Å². The molecule has 0 amide bonds. The Morgan fingerprint density at radius 1 is 1.35 bits per heavy atom. The third-order valence-corrected chi connectivity index (χ3v) is 2.92. The van der Waals surface area contributed by atoms with E-state index in [4.69, 9.17) is 0 Å². The summed E-state index contributed by atoms with van der Waals surface area (Å²) in [6.45, 7) is 0. The normalized spacial score (nSPS) is 10.4. The number of carbonyl (C=O) groups is 1. The molecule has 17 heavy (non-hydrogen) atoms. The van der Waals surface area contributed by atoms with E-state index in [1.807, 2.05) is 0 Å². The van der Waals surface area contributed by atoms with E-state index in [-0.39, 0.29) is 34.5 Å². The Hall–Kier alpha value is -0.960. The molecule has 9 heteroatoms. The van der Waals surface area contributed by atoms with Crippen LogP contribution in [0, 0.1) is 10.1 Å². The standard InChI is InChI=1S/C8H7NO6S.Na/c1-16(14,15)5-2-3-6(8(10)11)7(4-5)9(12)13;/h2-4H,1H3,(H,10,11);/q;+1/p-1. The maximum Gasteiger partial charge on any atom is 1.00 e. The second-order valence-electron chi connectivity index (χ2n) is 3.00. The van der Waals surface area contributed by atoms with Gasteiger partial charge in [0.25, 0.3) is 5.69 Å². The second kappa shape index (κ2) is 5.58. The SMILES string of the molecule is CS(=O)(=O)c1ccc(C(=O)[O-])c([N+](=O)[O-])c1.[Na+]. The van der Waals surface area contributed by atoms with Crippen LogP contribution in [0.3, 0.4) is 0 Å². The van der Waals surface area contributed by atoms with Gasteiger partial charge in [-0.2, -0.15) is 0 Å². The van der Waals surface area contributed by atoms with E-state index in [9.17, 15) is 28.4 Å². The monoisotopic (exact) mass is 267 g/mol. The predicted molar refractivity (Wildman–Crippen MR) is 50.5 cm³/mol. The molecular formula is C8H6NNaO6S. The second-order valence-corrected chi connectivity index (χ2v) is 5.01. The average molecular weight is 267 g/mol. The van der Waals surface area contributed by atoms with Gasteiger partial charge in [-0.25, -0.2) is 8.42 Å². The third-order valence-electron chi connectivity index (χ3n) is 1.81. The molecule has 0 bridgehead atoms. The summed E-state index contributed by atoms with van der Waals surface area (Å²) in [6.07, 6.45) is 0.866. The van der Waals surface area contributed by atoms with Crippen LogP contribution in [0.1, 0.15) is 10.4 Å². The minimum Gasteiger partial charge on any atom is -0.545 e. The van der Waals surface area contributed by atoms with Crippen LogP contribution in [0.2, 0.25) is 0 Å². The van der Waals surface area contributed by atoms with E-state index in [0.29, 0.717) is 6.07 Å². The van der Waals surface area contributed by atoms with Gasteiger partial charge in [-0.15, -0.1) is 0 Å². The van der Waals surface area contributed by atoms with Gasteiger partial charge in [-0.1, -0.05) is 0 Å². The first-order valence-electron chi connectivity index (χ1n) is 3.93. The zero-order valence-corrected chi connectivity index (χ0v) is 11.9. The van der Waals surface area contributed by atoms with E-state index in [2.05, 4.69) is 0 Å². The van der Waals surface area contributed by atoms with Crippen LogP contribution < -0.4 is 34.7 Å². The van der Waals surface area contributed by atoms with Crippen LogP contribution in [-0.2, 0) is 9.84 Å². The van der Waals surface area contributed by atoms with Crippen LogP contribution in [0.25, 0.3) is 0 Å². The molecule has 0 fully saturated rings. The molecule has 0 spiro atoms. The molecule has 7 nitrogen and oxygen atoms in total. The number of carboxylic acid groups (broad SMARTS) is 1. The minimum atomic E-state index is -3.62. The summed E-state index contributed by atoms with van der Waals surface area (Å²) in [5.41, 5.74) is -1.46. The number of rotatable bonds is 3. The molecule has 0 radical (unpaired) electrons. The van der Waals surface area contributed by atoms with Gasteiger partial charge >= 0.3 is 29.6 Å². The van der Waals surface area contributed by atoms with E-state index in [1.54, 1.807) is 0 Å². The van der Waals surface area contributed by atoms with E-state index in [1.165, 1.54) is 0 Å². The third kappa shape index (κ3) is 3.77. The number of nitrogens with zero attached hydrogens (tertiary/aromatic N) is 1. The molecule has 86 valence electrons. The molecule has 0 saturated heterocycles. The number of nitro groups is 1. The fourth-order valence-electron chi connectivity index (χ4n) is 1.07. The predicted octanol–water partition coefficient (Wildman–Crippen LogP) is -3.63. The van der Waals surface area contributed by atoms with Crippen molar-refractivity contribution in [3.63, 3.8) is 0 Å². The van der Waals surface area contributed by atoms with Crippen LogP contribution >= 0.6 is 0 Å². The Balaban J connectivity index is 0.00000256. The van der Waals surface area contributed by atoms with Crippen LogP contribution in [0.15, 0.2) is 23.1 Å². The molecule has 0 aliphatic heterocycles. The molecule has 0 aromatic heterocycles. The molecular weight excluding hydrogens is 261 g/mol. The van der Waals surface area contributed by atoms with Crippen molar-refractivity contribution in [1.82, 2.24) is 0 Å². The largest absolute Gasteiger partial charge is 1.00 e. The van der Waals surface area contributed by atoms with Gasteiger partial charge in [0.05, 0.1) is 21.4 Å². The summed E-state index contributed by atoms with van der Waals surface area (Å²) in [4.78, 5) is 19.8. The molecule has 1 rings (SSSR count). The average Bonchev–Trinajstić information content (AvgIpc) is 2.15. The Bertz CT molecular complexity index is 567. The zero-order chi connectivity index (χ0) is 12.5. The van der Waals surface area contributed by atoms with E-state index >= 15 is 0 Å². The first-order chi connectivity index (χ1) is 7.23. The summed E-state index contributed by atoms with van der Waals surface area (Å²) in [5, 5.41) is 21.0. The van der Waals surface area contributed by atoms with Gasteiger partial charge in [0.1, 0.15) is 0 Å². The van der Waals surface area contributed by atoms with Crippen LogP contribution in [-0.4, -0.2) is 25.6 Å². The molecule has 0 unspecified atom stereocenters. The molecule has 1 aromatic rings. The van der Waals surface area contributed by atoms with Crippen molar-refractivity contribution >= 4 is 21.5 Å². The van der Waals surface area contributed by atoms with Crippen molar-refractivity contribution in [3.05, 3.63) is 33.9 Å². The van der Waals surface area contributed by atoms with Crippen LogP contribution in [0.5, 0.6) is 0 Å². The number of hydrogen-bond acceptors (Lipinski definition) is 6. The Labute approximate surface area is 119 Å². The number of aromatic carboxylic acids is 1. The Kier molecular flexibility index (Phi) is 5.27. The van der Waals surface area contributed by atoms with Crippen molar-refractivity contribution in [1.29, 1.82) is 0 Å². The molecule has 0 heterocycles. The maximum absolute atomic E-state index is 11.1. The summed E-state index contributed by atoms with van der Waals surface area (Å²) in [6, 6.07) is 2.51. The van der Waals surface area contributed by atoms with E-state index in [0.717, 1.165) is 18.4 Å². The van der Waals surface area contributed by atoms with Gasteiger partial charge in [0.15, 0.2) is 9.84 Å². The van der Waals surface area contributed by atoms with Gasteiger partial charge in [-0.3, -0.25) is 10.1 Å². The quantitative estimate of drug-likeness (QED) is 0.317. The minimum absolute atomic E-state index is 0. The fourth-order valence-corrected chi connectivity index (χ4v) is 1.71. The number of hydrogen-bond donors (Lipinski definition) is 0. The molecule has 0 N–H and O–H groups in total. The number of sulfone groups is 1. The Morgan fingerprint density at radius 2 is 1.88 bits per heavy atom. The van der Waals surface area contributed by atoms with Crippen LogP contribution in [0.4, 0.5) is 5.69 Å². The van der Waals surface area contributed by atoms with Gasteiger partial charge in [0.2, 0.25) is 0 Å². The number of benzene rings is 1. The molecule has 0 saturated carbocycles. The molecule has 0 aliphatic rings. The smallest absolute Gasteiger partial charge is 0.545 e. The summed E-state index contributed by atoms with van der Waals surface area (Å²) < 4.78 is 22.2. The maximum atomic E-state index is 11.1. The van der Waals surface area contributed by atoms with Gasteiger partial charge < -0.3 is 9.90 Å². The fraction of sp³-hybridized carbons (Fsp3) is 0.125. The molecule has 1 aromatic carbocycles. The van der Waals surface area contributed by atoms with Crippen molar-refractivity contribution < 1.29 is 52.8 Å². The molecule has 0 atom stereocenters. The Morgan fingerprint density at radius 3 is 2.24 bits per heavy atom. The van der Waals surface area contributed by atoms with E-state index < -0.39 is 32.0 Å². The topological polar surface area (TPSA) is 117 Å². The molecule has 0 aliphatic carbocycles. The van der Waals surface area contributed by atoms with Crippen molar-refractivity contribution in [3.8, 4) is 0 Å².